The molecule has 11 aromatic rings. The number of para-hydroxylation sites is 4. The number of hydrogen-bond donors (Lipinski definition) is 0. The van der Waals surface area contributed by atoms with Crippen LogP contribution >= 0.6 is 0 Å². The zero-order chi connectivity index (χ0) is 34.2. The molecule has 0 aliphatic heterocycles. The summed E-state index contributed by atoms with van der Waals surface area (Å²) < 4.78 is 4.73. The van der Waals surface area contributed by atoms with Crippen molar-refractivity contribution in [3.05, 3.63) is 182 Å². The highest BCUT2D eigenvalue weighted by molar-refractivity contribution is 6.37. The second-order valence-corrected chi connectivity index (χ2v) is 13.4. The lowest BCUT2D eigenvalue weighted by atomic mass is 9.99. The summed E-state index contributed by atoms with van der Waals surface area (Å²) in [5, 5.41) is 8.21. The topological polar surface area (TPSA) is 35.6 Å². The number of benzene rings is 8. The van der Waals surface area contributed by atoms with Gasteiger partial charge in [0.2, 0.25) is 5.95 Å². The third-order valence-electron chi connectivity index (χ3n) is 10.5. The molecule has 0 aliphatic carbocycles. The normalized spacial score (nSPS) is 11.8. The van der Waals surface area contributed by atoms with E-state index >= 15 is 0 Å². The second kappa shape index (κ2) is 11.2. The molecule has 242 valence electrons. The molecule has 0 aliphatic rings. The van der Waals surface area contributed by atoms with E-state index in [1.807, 2.05) is 0 Å². The molecule has 0 fully saturated rings. The molecule has 4 nitrogen and oxygen atoms in total. The summed E-state index contributed by atoms with van der Waals surface area (Å²) in [6, 6.07) is 64.6. The van der Waals surface area contributed by atoms with Crippen LogP contribution in [0.4, 0.5) is 0 Å². The van der Waals surface area contributed by atoms with Gasteiger partial charge in [-0.25, -0.2) is 9.97 Å². The maximum absolute atomic E-state index is 5.46. The Kier molecular flexibility index (Phi) is 6.22. The fourth-order valence-electron chi connectivity index (χ4n) is 8.28. The lowest BCUT2D eigenvalue weighted by Gasteiger charge is -2.14. The van der Waals surface area contributed by atoms with Crippen molar-refractivity contribution in [2.75, 3.05) is 0 Å². The molecule has 0 bridgehead atoms. The van der Waals surface area contributed by atoms with E-state index in [-0.39, 0.29) is 0 Å². The van der Waals surface area contributed by atoms with Gasteiger partial charge in [-0.3, -0.25) is 4.57 Å². The summed E-state index contributed by atoms with van der Waals surface area (Å²) in [6.07, 6.45) is 0. The third kappa shape index (κ3) is 4.15. The minimum atomic E-state index is 0.656. The number of fused-ring (bicyclic) bond motifs is 11. The van der Waals surface area contributed by atoms with Crippen molar-refractivity contribution >= 4 is 65.3 Å². The minimum absolute atomic E-state index is 0.656. The average Bonchev–Trinajstić information content (AvgIpc) is 3.75. The second-order valence-electron chi connectivity index (χ2n) is 13.4. The smallest absolute Gasteiger partial charge is 0.235 e. The van der Waals surface area contributed by atoms with Gasteiger partial charge in [0, 0.05) is 49.0 Å². The molecule has 0 saturated heterocycles. The van der Waals surface area contributed by atoms with Crippen molar-refractivity contribution in [3.63, 3.8) is 0 Å². The van der Waals surface area contributed by atoms with Gasteiger partial charge >= 0.3 is 0 Å². The Morgan fingerprint density at radius 3 is 1.44 bits per heavy atom. The molecule has 0 amide bonds. The first-order valence-corrected chi connectivity index (χ1v) is 17.7. The van der Waals surface area contributed by atoms with E-state index in [0.717, 1.165) is 44.3 Å². The molecule has 0 spiro atoms. The summed E-state index contributed by atoms with van der Waals surface area (Å²) in [5.41, 5.74) is 11.0. The molecule has 52 heavy (non-hydrogen) atoms. The molecule has 3 heterocycles. The Hall–Kier alpha value is -7.04. The van der Waals surface area contributed by atoms with Gasteiger partial charge in [-0.1, -0.05) is 152 Å². The number of rotatable bonds is 4. The zero-order valence-electron chi connectivity index (χ0n) is 28.1. The number of hydrogen-bond acceptors (Lipinski definition) is 2. The van der Waals surface area contributed by atoms with Gasteiger partial charge in [0.05, 0.1) is 33.3 Å². The summed E-state index contributed by atoms with van der Waals surface area (Å²) in [6.45, 7) is 0. The monoisotopic (exact) mass is 662 g/mol. The first-order chi connectivity index (χ1) is 25.8. The molecule has 11 rings (SSSR count). The van der Waals surface area contributed by atoms with Gasteiger partial charge in [-0.2, -0.15) is 0 Å². The van der Waals surface area contributed by atoms with Gasteiger partial charge in [0.25, 0.3) is 0 Å². The minimum Gasteiger partial charge on any atom is -0.309 e. The summed E-state index contributed by atoms with van der Waals surface area (Å²) in [7, 11) is 0. The SMILES string of the molecule is c1ccc(-c2ccc(-c3nc(-n4c5ccccc5c5c6c7ccccc7n(-c7ccccc7)c6c6ccccc6c54)nc4ccccc34)cc2)cc1. The van der Waals surface area contributed by atoms with Crippen LogP contribution in [0.3, 0.4) is 0 Å². The van der Waals surface area contributed by atoms with E-state index < -0.39 is 0 Å². The van der Waals surface area contributed by atoms with Crippen LogP contribution in [0.25, 0.3) is 99.3 Å². The predicted molar refractivity (Wildman–Crippen MR) is 217 cm³/mol. The molecular weight excluding hydrogens is 633 g/mol. The van der Waals surface area contributed by atoms with Crippen molar-refractivity contribution in [2.24, 2.45) is 0 Å². The molecular formula is C48H30N4. The maximum Gasteiger partial charge on any atom is 0.235 e. The summed E-state index contributed by atoms with van der Waals surface area (Å²) in [5.74, 6) is 0.656. The van der Waals surface area contributed by atoms with Gasteiger partial charge in [0.15, 0.2) is 0 Å². The van der Waals surface area contributed by atoms with Gasteiger partial charge in [0.1, 0.15) is 0 Å². The summed E-state index contributed by atoms with van der Waals surface area (Å²) >= 11 is 0. The van der Waals surface area contributed by atoms with E-state index in [2.05, 4.69) is 191 Å². The lowest BCUT2D eigenvalue weighted by molar-refractivity contribution is 1.02. The fourth-order valence-corrected chi connectivity index (χ4v) is 8.28. The van der Waals surface area contributed by atoms with Crippen LogP contribution in [0, 0.1) is 0 Å². The van der Waals surface area contributed by atoms with E-state index in [4.69, 9.17) is 9.97 Å². The van der Waals surface area contributed by atoms with Crippen LogP contribution in [0.15, 0.2) is 182 Å². The molecule has 0 unspecified atom stereocenters. The lowest BCUT2D eigenvalue weighted by Crippen LogP contribution is -2.04. The van der Waals surface area contributed by atoms with Crippen LogP contribution in [0.1, 0.15) is 0 Å². The van der Waals surface area contributed by atoms with Crippen molar-refractivity contribution < 1.29 is 0 Å². The van der Waals surface area contributed by atoms with Crippen molar-refractivity contribution in [1.29, 1.82) is 0 Å². The number of nitrogens with zero attached hydrogens (tertiary/aromatic N) is 4. The molecule has 3 aromatic heterocycles. The largest absolute Gasteiger partial charge is 0.309 e. The van der Waals surface area contributed by atoms with E-state index in [9.17, 15) is 0 Å². The zero-order valence-corrected chi connectivity index (χ0v) is 28.1. The molecule has 8 aromatic carbocycles. The Morgan fingerprint density at radius 1 is 0.327 bits per heavy atom. The van der Waals surface area contributed by atoms with Crippen LogP contribution in [-0.4, -0.2) is 19.1 Å². The molecule has 0 atom stereocenters. The van der Waals surface area contributed by atoms with Gasteiger partial charge in [-0.05, 0) is 41.5 Å². The first kappa shape index (κ1) is 28.8. The quantitative estimate of drug-likeness (QED) is 0.188. The molecule has 0 saturated carbocycles. The Bertz CT molecular complexity index is 3160. The fraction of sp³-hybridized carbons (Fsp3) is 0. The Balaban J connectivity index is 1.28. The Morgan fingerprint density at radius 2 is 0.788 bits per heavy atom. The Labute approximate surface area is 299 Å². The molecule has 0 N–H and O–H groups in total. The van der Waals surface area contributed by atoms with Crippen LogP contribution in [0.2, 0.25) is 0 Å². The third-order valence-corrected chi connectivity index (χ3v) is 10.5. The van der Waals surface area contributed by atoms with Gasteiger partial charge < -0.3 is 4.57 Å². The van der Waals surface area contributed by atoms with Crippen LogP contribution in [-0.2, 0) is 0 Å². The first-order valence-electron chi connectivity index (χ1n) is 17.7. The highest BCUT2D eigenvalue weighted by atomic mass is 15.2. The van der Waals surface area contributed by atoms with E-state index in [1.54, 1.807) is 0 Å². The standard InChI is InChI=1S/C48H30N4/c1-3-15-31(16-4-1)32-27-29-33(30-28-32)45-37-21-9-12-24-40(37)49-48(50-45)52-42-26-14-11-23-39(42)44-43-38-22-10-13-25-41(38)51(34-17-5-2-6-18-34)46(43)35-19-7-8-20-36(35)47(44)52/h1-30H. The maximum atomic E-state index is 5.46. The highest BCUT2D eigenvalue weighted by Crippen LogP contribution is 2.46. The van der Waals surface area contributed by atoms with Crippen molar-refractivity contribution in [1.82, 2.24) is 19.1 Å². The van der Waals surface area contributed by atoms with Crippen LogP contribution in [0.5, 0.6) is 0 Å². The molecule has 4 heteroatoms. The number of aromatic nitrogens is 4. The predicted octanol–water partition coefficient (Wildman–Crippen LogP) is 12.3. The van der Waals surface area contributed by atoms with Crippen molar-refractivity contribution in [2.45, 2.75) is 0 Å². The molecule has 0 radical (unpaired) electrons. The highest BCUT2D eigenvalue weighted by Gasteiger charge is 2.25. The van der Waals surface area contributed by atoms with Crippen molar-refractivity contribution in [3.8, 4) is 34.0 Å². The van der Waals surface area contributed by atoms with Crippen LogP contribution < -0.4 is 0 Å². The average molecular weight is 663 g/mol. The van der Waals surface area contributed by atoms with Gasteiger partial charge in [-0.15, -0.1) is 0 Å². The summed E-state index contributed by atoms with van der Waals surface area (Å²) in [4.78, 5) is 10.8. The van der Waals surface area contributed by atoms with E-state index in [1.165, 1.54) is 49.1 Å². The van der Waals surface area contributed by atoms with E-state index in [0.29, 0.717) is 5.95 Å².